The second-order valence-electron chi connectivity index (χ2n) is 4.74. The van der Waals surface area contributed by atoms with Crippen LogP contribution in [0.2, 0.25) is 0 Å². The second-order valence-corrected chi connectivity index (χ2v) is 4.74. The summed E-state index contributed by atoms with van der Waals surface area (Å²) < 4.78 is 4.86. The van der Waals surface area contributed by atoms with Crippen LogP contribution in [0, 0.1) is 10.1 Å². The van der Waals surface area contributed by atoms with Crippen molar-refractivity contribution >= 4 is 17.4 Å². The molecule has 1 aliphatic rings. The highest BCUT2D eigenvalue weighted by Gasteiger charge is 2.28. The first-order valence-corrected chi connectivity index (χ1v) is 6.63. The highest BCUT2D eigenvalue weighted by Crippen LogP contribution is 2.30. The lowest BCUT2D eigenvalue weighted by molar-refractivity contribution is -0.385. The predicted molar refractivity (Wildman–Crippen MR) is 74.1 cm³/mol. The van der Waals surface area contributed by atoms with Gasteiger partial charge in [0, 0.05) is 13.1 Å². The minimum atomic E-state index is -0.631. The average Bonchev–Trinajstić information content (AvgIpc) is 2.99. The zero-order valence-electron chi connectivity index (χ0n) is 11.9. The maximum Gasteiger partial charge on any atom is 0.372 e. The summed E-state index contributed by atoms with van der Waals surface area (Å²) >= 11 is 0. The number of nitrogens with zero attached hydrogens (tertiary/aromatic N) is 4. The molecule has 1 aromatic rings. The number of aromatic nitrogens is 2. The molecule has 2 heterocycles. The first-order chi connectivity index (χ1) is 10.0. The van der Waals surface area contributed by atoms with Gasteiger partial charge in [-0.15, -0.1) is 0 Å². The van der Waals surface area contributed by atoms with Gasteiger partial charge in [0.25, 0.3) is 5.88 Å². The third kappa shape index (κ3) is 3.18. The van der Waals surface area contributed by atoms with Gasteiger partial charge in [-0.25, -0.2) is 4.98 Å². The van der Waals surface area contributed by atoms with Crippen molar-refractivity contribution in [3.63, 3.8) is 0 Å². The molecule has 2 rings (SSSR count). The van der Waals surface area contributed by atoms with Crippen LogP contribution in [-0.4, -0.2) is 51.9 Å². The van der Waals surface area contributed by atoms with Crippen LogP contribution < -0.4 is 10.1 Å². The maximum atomic E-state index is 12.2. The van der Waals surface area contributed by atoms with Crippen molar-refractivity contribution in [3.05, 3.63) is 16.4 Å². The minimum Gasteiger partial charge on any atom is -0.476 e. The van der Waals surface area contributed by atoms with E-state index in [9.17, 15) is 14.9 Å². The molecule has 0 spiro atoms. The molecule has 0 bridgehead atoms. The van der Waals surface area contributed by atoms with E-state index < -0.39 is 11.0 Å². The molecule has 114 valence electrons. The Labute approximate surface area is 121 Å². The third-order valence-electron chi connectivity index (χ3n) is 3.31. The predicted octanol–water partition coefficient (Wildman–Crippen LogP) is 0.816. The molecule has 21 heavy (non-hydrogen) atoms. The summed E-state index contributed by atoms with van der Waals surface area (Å²) in [7, 11) is 1.29. The van der Waals surface area contributed by atoms with E-state index in [1.165, 1.54) is 7.11 Å². The summed E-state index contributed by atoms with van der Waals surface area (Å²) in [4.78, 5) is 32.0. The molecule has 1 N–H and O–H groups in total. The molecular weight excluding hydrogens is 278 g/mol. The molecule has 1 fully saturated rings. The Kier molecular flexibility index (Phi) is 4.51. The number of ether oxygens (including phenoxy) is 1. The summed E-state index contributed by atoms with van der Waals surface area (Å²) in [6, 6.07) is -0.610. The molecule has 0 saturated carbocycles. The highest BCUT2D eigenvalue weighted by atomic mass is 16.6. The van der Waals surface area contributed by atoms with E-state index in [4.69, 9.17) is 4.74 Å². The highest BCUT2D eigenvalue weighted by molar-refractivity contribution is 5.85. The van der Waals surface area contributed by atoms with Crippen LogP contribution in [0.25, 0.3) is 0 Å². The number of hydrogen-bond acceptors (Lipinski definition) is 7. The van der Waals surface area contributed by atoms with Crippen molar-refractivity contribution in [2.24, 2.45) is 0 Å². The number of anilines is 1. The number of amides is 1. The number of likely N-dealkylation sites (tertiary alicyclic amines) is 1. The van der Waals surface area contributed by atoms with Crippen LogP contribution in [0.1, 0.15) is 19.8 Å². The third-order valence-corrected chi connectivity index (χ3v) is 3.31. The van der Waals surface area contributed by atoms with Gasteiger partial charge in [-0.05, 0) is 19.8 Å². The number of nitrogens with one attached hydrogen (secondary N) is 1. The van der Waals surface area contributed by atoms with Crippen molar-refractivity contribution < 1.29 is 14.5 Å². The summed E-state index contributed by atoms with van der Waals surface area (Å²) in [5.74, 6) is -0.260. The molecule has 1 saturated heterocycles. The van der Waals surface area contributed by atoms with Gasteiger partial charge in [0.05, 0.1) is 12.0 Å². The largest absolute Gasteiger partial charge is 0.476 e. The van der Waals surface area contributed by atoms with Crippen molar-refractivity contribution in [2.75, 3.05) is 25.5 Å². The zero-order valence-corrected chi connectivity index (χ0v) is 11.9. The molecule has 0 aromatic carbocycles. The summed E-state index contributed by atoms with van der Waals surface area (Å²) in [5, 5.41) is 13.9. The van der Waals surface area contributed by atoms with Crippen LogP contribution in [0.4, 0.5) is 11.5 Å². The standard InChI is InChI=1S/C12H17N5O4/c1-8(12(18)16-5-3-4-6-16)15-10-9(17(19)20)11(21-2)14-7-13-10/h7-8H,3-6H2,1-2H3,(H,13,14,15). The minimum absolute atomic E-state index is 0.0214. The zero-order chi connectivity index (χ0) is 15.4. The second kappa shape index (κ2) is 6.33. The van der Waals surface area contributed by atoms with E-state index in [0.717, 1.165) is 32.3 Å². The lowest BCUT2D eigenvalue weighted by Gasteiger charge is -2.21. The van der Waals surface area contributed by atoms with E-state index in [-0.39, 0.29) is 23.3 Å². The Morgan fingerprint density at radius 3 is 2.71 bits per heavy atom. The fourth-order valence-electron chi connectivity index (χ4n) is 2.26. The van der Waals surface area contributed by atoms with Crippen LogP contribution in [0.3, 0.4) is 0 Å². The first kappa shape index (κ1) is 14.9. The Hall–Kier alpha value is -2.45. The van der Waals surface area contributed by atoms with Crippen molar-refractivity contribution in [1.29, 1.82) is 0 Å². The Morgan fingerprint density at radius 1 is 1.48 bits per heavy atom. The molecule has 1 unspecified atom stereocenters. The van der Waals surface area contributed by atoms with Gasteiger partial charge in [0.1, 0.15) is 12.4 Å². The number of rotatable bonds is 5. The van der Waals surface area contributed by atoms with Crippen LogP contribution in [0.15, 0.2) is 6.33 Å². The normalized spacial score (nSPS) is 15.6. The van der Waals surface area contributed by atoms with Gasteiger partial charge >= 0.3 is 5.69 Å². The van der Waals surface area contributed by atoms with Gasteiger partial charge in [-0.2, -0.15) is 4.98 Å². The summed E-state index contributed by atoms with van der Waals surface area (Å²) in [6.45, 7) is 3.10. The molecule has 1 atom stereocenters. The molecular formula is C12H17N5O4. The van der Waals surface area contributed by atoms with Crippen molar-refractivity contribution in [3.8, 4) is 5.88 Å². The van der Waals surface area contributed by atoms with Gasteiger partial charge in [-0.3, -0.25) is 14.9 Å². The van der Waals surface area contributed by atoms with Gasteiger partial charge in [0.15, 0.2) is 0 Å². The number of hydrogen-bond donors (Lipinski definition) is 1. The van der Waals surface area contributed by atoms with E-state index in [0.29, 0.717) is 0 Å². The molecule has 1 amide bonds. The quantitative estimate of drug-likeness (QED) is 0.632. The van der Waals surface area contributed by atoms with Gasteiger partial charge in [0.2, 0.25) is 11.7 Å². The van der Waals surface area contributed by atoms with Crippen molar-refractivity contribution in [1.82, 2.24) is 14.9 Å². The molecule has 9 heteroatoms. The van der Waals surface area contributed by atoms with E-state index in [1.807, 2.05) is 0 Å². The molecule has 0 radical (unpaired) electrons. The Bertz CT molecular complexity index is 544. The average molecular weight is 295 g/mol. The Balaban J connectivity index is 2.18. The summed E-state index contributed by atoms with van der Waals surface area (Å²) in [6.07, 6.45) is 3.13. The smallest absolute Gasteiger partial charge is 0.372 e. The molecule has 0 aliphatic carbocycles. The SMILES string of the molecule is COc1ncnc(NC(C)C(=O)N2CCCC2)c1[N+](=O)[O-]. The number of methoxy groups -OCH3 is 1. The fraction of sp³-hybridized carbons (Fsp3) is 0.583. The van der Waals surface area contributed by atoms with Crippen molar-refractivity contribution in [2.45, 2.75) is 25.8 Å². The number of carbonyl (C=O) groups excluding carboxylic acids is 1. The number of nitro groups is 1. The van der Waals surface area contributed by atoms with E-state index in [2.05, 4.69) is 15.3 Å². The van der Waals surface area contributed by atoms with Gasteiger partial charge in [-0.1, -0.05) is 0 Å². The lowest BCUT2D eigenvalue weighted by Crippen LogP contribution is -2.39. The maximum absolute atomic E-state index is 12.2. The molecule has 1 aliphatic heterocycles. The van der Waals surface area contributed by atoms with Crippen LogP contribution in [-0.2, 0) is 4.79 Å². The molecule has 1 aromatic heterocycles. The topological polar surface area (TPSA) is 110 Å². The van der Waals surface area contributed by atoms with Crippen LogP contribution >= 0.6 is 0 Å². The van der Waals surface area contributed by atoms with Crippen LogP contribution in [0.5, 0.6) is 5.88 Å². The number of carbonyl (C=O) groups is 1. The lowest BCUT2D eigenvalue weighted by atomic mass is 10.3. The van der Waals surface area contributed by atoms with Gasteiger partial charge < -0.3 is 15.0 Å². The molecule has 9 nitrogen and oxygen atoms in total. The van der Waals surface area contributed by atoms with E-state index in [1.54, 1.807) is 11.8 Å². The Morgan fingerprint density at radius 2 is 2.14 bits per heavy atom. The summed E-state index contributed by atoms with van der Waals surface area (Å²) in [5.41, 5.74) is -0.374. The van der Waals surface area contributed by atoms with E-state index >= 15 is 0 Å². The first-order valence-electron chi connectivity index (χ1n) is 6.63. The fourth-order valence-corrected chi connectivity index (χ4v) is 2.26. The monoisotopic (exact) mass is 295 g/mol.